The Labute approximate surface area is 120 Å². The average molecular weight is 300 g/mol. The van der Waals surface area contributed by atoms with E-state index in [1.165, 1.54) is 0 Å². The van der Waals surface area contributed by atoms with Gasteiger partial charge >= 0.3 is 0 Å². The smallest absolute Gasteiger partial charge is 0.294 e. The molecular weight excluding hydrogens is 288 g/mol. The lowest BCUT2D eigenvalue weighted by Crippen LogP contribution is -2.12. The van der Waals surface area contributed by atoms with Crippen LogP contribution >= 0.6 is 23.4 Å². The van der Waals surface area contributed by atoms with Crippen molar-refractivity contribution in [3.8, 4) is 0 Å². The van der Waals surface area contributed by atoms with Gasteiger partial charge in [0.25, 0.3) is 5.09 Å². The molecule has 0 saturated heterocycles. The summed E-state index contributed by atoms with van der Waals surface area (Å²) in [6.07, 6.45) is 0.526. The van der Waals surface area contributed by atoms with Crippen molar-refractivity contribution >= 4 is 29.1 Å². The summed E-state index contributed by atoms with van der Waals surface area (Å²) in [5, 5.41) is 10.0. The first-order chi connectivity index (χ1) is 9.08. The molecule has 0 atom stereocenters. The lowest BCUT2D eigenvalue weighted by atomic mass is 10.2. The van der Waals surface area contributed by atoms with Gasteiger partial charge in [-0.25, -0.2) is 0 Å². The van der Waals surface area contributed by atoms with Crippen LogP contribution in [0, 0.1) is 16.0 Å². The second kappa shape index (κ2) is 6.16. The Morgan fingerprint density at radius 2 is 2.11 bits per heavy atom. The normalized spacial score (nSPS) is 14.9. The summed E-state index contributed by atoms with van der Waals surface area (Å²) < 4.78 is 0. The summed E-state index contributed by atoms with van der Waals surface area (Å²) in [6, 6.07) is 7.52. The van der Waals surface area contributed by atoms with Crippen molar-refractivity contribution in [2.24, 2.45) is 0 Å². The first-order valence-corrected chi connectivity index (χ1v) is 6.85. The van der Waals surface area contributed by atoms with Crippen molar-refractivity contribution in [3.63, 3.8) is 0 Å². The van der Waals surface area contributed by atoms with Crippen molar-refractivity contribution in [1.29, 1.82) is 0 Å². The molecule has 1 heterocycles. The molecule has 1 aromatic carbocycles. The molecule has 2 rings (SSSR count). The van der Waals surface area contributed by atoms with E-state index in [0.29, 0.717) is 11.4 Å². The highest BCUT2D eigenvalue weighted by atomic mass is 35.5. The molecule has 0 spiro atoms. The van der Waals surface area contributed by atoms with Gasteiger partial charge in [0, 0.05) is 27.7 Å². The van der Waals surface area contributed by atoms with Gasteiger partial charge in [-0.05, 0) is 31.2 Å². The molecule has 101 valence electrons. The van der Waals surface area contributed by atoms with Crippen molar-refractivity contribution in [3.05, 3.63) is 55.9 Å². The monoisotopic (exact) mass is 299 g/mol. The zero-order valence-electron chi connectivity index (χ0n) is 10.2. The number of hydrogen-bond donors (Lipinski definition) is 0. The highest BCUT2D eigenvalue weighted by Crippen LogP contribution is 2.40. The maximum Gasteiger partial charge on any atom is 0.294 e. The van der Waals surface area contributed by atoms with Gasteiger partial charge in [0.2, 0.25) is 0 Å². The molecule has 0 aliphatic carbocycles. The number of nitrogens with zero attached hydrogens (tertiary/aromatic N) is 2. The summed E-state index contributed by atoms with van der Waals surface area (Å²) >= 11 is 7.41. The van der Waals surface area contributed by atoms with Gasteiger partial charge in [0.1, 0.15) is 12.5 Å². The molecule has 19 heavy (non-hydrogen) atoms. The standard InChI is InChI=1S/C12H12ClN2O3S/c1-9-12(6-7-18-15(16)17)19-8-14(9)11-4-2-10(13)3-5-11/h2-5,8H,6-7H2,1H3. The quantitative estimate of drug-likeness (QED) is 0.610. The van der Waals surface area contributed by atoms with E-state index in [1.54, 1.807) is 11.8 Å². The predicted molar refractivity (Wildman–Crippen MR) is 76.1 cm³/mol. The van der Waals surface area contributed by atoms with Gasteiger partial charge in [-0.2, -0.15) is 0 Å². The van der Waals surface area contributed by atoms with Gasteiger partial charge in [-0.1, -0.05) is 11.6 Å². The van der Waals surface area contributed by atoms with E-state index in [1.807, 2.05) is 42.0 Å². The first kappa shape index (κ1) is 14.0. The Kier molecular flexibility index (Phi) is 4.55. The number of anilines is 1. The van der Waals surface area contributed by atoms with Crippen molar-refractivity contribution in [2.45, 2.75) is 13.3 Å². The largest absolute Gasteiger partial charge is 0.329 e. The molecule has 1 aliphatic heterocycles. The van der Waals surface area contributed by atoms with Crippen LogP contribution in [0.4, 0.5) is 5.69 Å². The first-order valence-electron chi connectivity index (χ1n) is 5.60. The van der Waals surface area contributed by atoms with E-state index in [9.17, 15) is 10.1 Å². The number of allylic oxidation sites excluding steroid dienone is 1. The van der Waals surface area contributed by atoms with Crippen LogP contribution in [0.15, 0.2) is 34.9 Å². The van der Waals surface area contributed by atoms with Crippen LogP contribution in [0.1, 0.15) is 13.3 Å². The van der Waals surface area contributed by atoms with Crippen LogP contribution in [0.3, 0.4) is 0 Å². The molecule has 5 nitrogen and oxygen atoms in total. The zero-order valence-corrected chi connectivity index (χ0v) is 11.8. The molecule has 0 N–H and O–H groups in total. The SMILES string of the molecule is CC1=C(CCO[N+](=O)[O-])S[CH]N1c1ccc(Cl)cc1. The van der Waals surface area contributed by atoms with E-state index in [2.05, 4.69) is 4.84 Å². The second-order valence-electron chi connectivity index (χ2n) is 3.89. The predicted octanol–water partition coefficient (Wildman–Crippen LogP) is 3.84. The van der Waals surface area contributed by atoms with Gasteiger partial charge in [0.15, 0.2) is 0 Å². The number of hydrogen-bond acceptors (Lipinski definition) is 5. The van der Waals surface area contributed by atoms with Gasteiger partial charge in [-0.15, -0.1) is 21.9 Å². The zero-order chi connectivity index (χ0) is 13.8. The van der Waals surface area contributed by atoms with Crippen molar-refractivity contribution < 1.29 is 9.92 Å². The molecular formula is C12H12ClN2O3S. The molecule has 1 aromatic rings. The third kappa shape index (κ3) is 3.54. The summed E-state index contributed by atoms with van der Waals surface area (Å²) in [5.41, 5.74) is 2.07. The molecule has 7 heteroatoms. The minimum atomic E-state index is -0.768. The fraction of sp³-hybridized carbons (Fsp3) is 0.250. The van der Waals surface area contributed by atoms with E-state index in [4.69, 9.17) is 11.6 Å². The number of rotatable bonds is 5. The molecule has 0 bridgehead atoms. The van der Waals surface area contributed by atoms with Crippen molar-refractivity contribution in [1.82, 2.24) is 0 Å². The van der Waals surface area contributed by atoms with Gasteiger partial charge in [-0.3, -0.25) is 0 Å². The second-order valence-corrected chi connectivity index (χ2v) is 5.26. The Bertz CT molecular complexity index is 504. The topological polar surface area (TPSA) is 55.6 Å². The van der Waals surface area contributed by atoms with Gasteiger partial charge < -0.3 is 9.74 Å². The number of thioether (sulfide) groups is 1. The van der Waals surface area contributed by atoms with Gasteiger partial charge in [0.05, 0.1) is 0 Å². The van der Waals surface area contributed by atoms with Crippen LogP contribution in [0.5, 0.6) is 0 Å². The maximum absolute atomic E-state index is 10.1. The average Bonchev–Trinajstić information content (AvgIpc) is 2.72. The number of benzene rings is 1. The minimum Gasteiger partial charge on any atom is -0.329 e. The highest BCUT2D eigenvalue weighted by molar-refractivity contribution is 8.05. The van der Waals surface area contributed by atoms with Crippen LogP contribution in [-0.4, -0.2) is 11.7 Å². The summed E-state index contributed by atoms with van der Waals surface area (Å²) in [7, 11) is 0. The number of halogens is 1. The highest BCUT2D eigenvalue weighted by Gasteiger charge is 2.21. The maximum atomic E-state index is 10.1. The molecule has 0 amide bonds. The summed E-state index contributed by atoms with van der Waals surface area (Å²) in [4.78, 5) is 17.5. The van der Waals surface area contributed by atoms with Crippen molar-refractivity contribution in [2.75, 3.05) is 11.5 Å². The van der Waals surface area contributed by atoms with E-state index < -0.39 is 5.09 Å². The van der Waals surface area contributed by atoms with E-state index in [-0.39, 0.29) is 6.61 Å². The lowest BCUT2D eigenvalue weighted by Gasteiger charge is -2.18. The summed E-state index contributed by atoms with van der Waals surface area (Å²) in [5.74, 6) is 1.97. The van der Waals surface area contributed by atoms with Crippen LogP contribution in [0.2, 0.25) is 5.02 Å². The molecule has 1 aliphatic rings. The Morgan fingerprint density at radius 1 is 1.42 bits per heavy atom. The fourth-order valence-electron chi connectivity index (χ4n) is 1.72. The molecule has 0 aromatic heterocycles. The van der Waals surface area contributed by atoms with E-state index >= 15 is 0 Å². The van der Waals surface area contributed by atoms with Crippen LogP contribution in [0.25, 0.3) is 0 Å². The van der Waals surface area contributed by atoms with Crippen LogP contribution in [-0.2, 0) is 4.84 Å². The molecule has 0 unspecified atom stereocenters. The third-order valence-electron chi connectivity index (χ3n) is 2.70. The third-order valence-corrected chi connectivity index (χ3v) is 4.05. The van der Waals surface area contributed by atoms with E-state index in [0.717, 1.165) is 16.3 Å². The minimum absolute atomic E-state index is 0.0783. The molecule has 0 fully saturated rings. The summed E-state index contributed by atoms with van der Waals surface area (Å²) in [6.45, 7) is 2.06. The Hall–Kier alpha value is -1.40. The molecule has 1 radical (unpaired) electrons. The van der Waals surface area contributed by atoms with Crippen LogP contribution < -0.4 is 4.90 Å². The molecule has 0 saturated carbocycles. The lowest BCUT2D eigenvalue weighted by molar-refractivity contribution is -0.757. The fourth-order valence-corrected chi connectivity index (χ4v) is 2.83. The Morgan fingerprint density at radius 3 is 2.74 bits per heavy atom. The Balaban J connectivity index is 2.03.